The number of carbonyl (C=O) groups excluding carboxylic acids is 1. The van der Waals surface area contributed by atoms with Crippen LogP contribution in [0.5, 0.6) is 0 Å². The van der Waals surface area contributed by atoms with E-state index in [-0.39, 0.29) is 42.1 Å². The third-order valence-corrected chi connectivity index (χ3v) is 7.98. The molecule has 0 aromatic rings. The number of carbonyl (C=O) groups is 2. The minimum atomic E-state index is -0.903. The Kier molecular flexibility index (Phi) is 52.7. The average molecular weight is 608 g/mol. The van der Waals surface area contributed by atoms with Crippen LogP contribution < -0.4 is 40.8 Å². The molecule has 0 heterocycles. The van der Waals surface area contributed by atoms with Gasteiger partial charge in [0.1, 0.15) is 0 Å². The molecule has 0 saturated heterocycles. The predicted octanol–water partition coefficient (Wildman–Crippen LogP) is 8.50. The van der Waals surface area contributed by atoms with Gasteiger partial charge in [-0.05, 0) is 19.3 Å². The van der Waals surface area contributed by atoms with Crippen molar-refractivity contribution in [2.75, 3.05) is 0 Å². The van der Waals surface area contributed by atoms with Crippen LogP contribution in [0.3, 0.4) is 0 Å². The van der Waals surface area contributed by atoms with Gasteiger partial charge in [0.05, 0.1) is 0 Å². The molecule has 0 unspecified atom stereocenters. The molecular formula is C36H74NNaO4. The van der Waals surface area contributed by atoms with Crippen molar-refractivity contribution in [3.05, 3.63) is 0 Å². The zero-order valence-electron chi connectivity index (χ0n) is 29.0. The van der Waals surface area contributed by atoms with Crippen LogP contribution >= 0.6 is 0 Å². The van der Waals surface area contributed by atoms with Gasteiger partial charge in [-0.2, -0.15) is 0 Å². The largest absolute Gasteiger partial charge is 1.00 e. The van der Waals surface area contributed by atoms with Crippen molar-refractivity contribution in [1.29, 1.82) is 0 Å². The fourth-order valence-electron chi connectivity index (χ4n) is 5.29. The summed E-state index contributed by atoms with van der Waals surface area (Å²) in [5.41, 5.74) is 0. The van der Waals surface area contributed by atoms with Gasteiger partial charge in [0.25, 0.3) is 0 Å². The quantitative estimate of drug-likeness (QED) is 0.0588. The number of hydrogen-bond acceptors (Lipinski definition) is 4. The summed E-state index contributed by atoms with van der Waals surface area (Å²) in [6, 6.07) is 0. The van der Waals surface area contributed by atoms with Crippen molar-refractivity contribution >= 4 is 11.9 Å². The van der Waals surface area contributed by atoms with Crippen molar-refractivity contribution < 1.29 is 49.4 Å². The summed E-state index contributed by atoms with van der Waals surface area (Å²) in [7, 11) is 0. The molecule has 0 aliphatic rings. The van der Waals surface area contributed by atoms with Crippen LogP contribution in [0.2, 0.25) is 0 Å². The Morgan fingerprint density at radius 2 is 0.595 bits per heavy atom. The third-order valence-electron chi connectivity index (χ3n) is 7.98. The molecule has 248 valence electrons. The topological polar surface area (TPSA) is 112 Å². The molecule has 0 bridgehead atoms. The molecule has 0 amide bonds. The summed E-state index contributed by atoms with van der Waals surface area (Å²) in [5.74, 6) is -1.56. The van der Waals surface area contributed by atoms with Crippen LogP contribution in [0.4, 0.5) is 0 Å². The fourth-order valence-corrected chi connectivity index (χ4v) is 5.29. The van der Waals surface area contributed by atoms with E-state index in [1.165, 1.54) is 167 Å². The zero-order chi connectivity index (χ0) is 29.8. The molecule has 0 aliphatic heterocycles. The van der Waals surface area contributed by atoms with E-state index in [2.05, 4.69) is 13.8 Å². The summed E-state index contributed by atoms with van der Waals surface area (Å²) < 4.78 is 0. The number of carboxylic acid groups (broad SMARTS) is 2. The molecule has 0 aromatic heterocycles. The molecule has 0 aromatic carbocycles. The first-order valence-corrected chi connectivity index (χ1v) is 18.0. The van der Waals surface area contributed by atoms with Gasteiger partial charge >= 0.3 is 35.5 Å². The molecule has 0 aliphatic carbocycles. The van der Waals surface area contributed by atoms with Gasteiger partial charge in [-0.25, -0.2) is 0 Å². The first kappa shape index (κ1) is 48.8. The molecule has 0 saturated carbocycles. The summed E-state index contributed by atoms with van der Waals surface area (Å²) >= 11 is 0. The van der Waals surface area contributed by atoms with Gasteiger partial charge in [-0.3, -0.25) is 4.79 Å². The van der Waals surface area contributed by atoms with E-state index in [1.54, 1.807) is 0 Å². The van der Waals surface area contributed by atoms with Gasteiger partial charge in [-0.1, -0.05) is 194 Å². The Hall–Kier alpha value is -0.100. The first-order valence-electron chi connectivity index (χ1n) is 18.0. The number of hydrogen-bond donors (Lipinski definition) is 2. The van der Waals surface area contributed by atoms with Crippen molar-refractivity contribution in [3.8, 4) is 0 Å². The Morgan fingerprint density at radius 3 is 0.786 bits per heavy atom. The number of rotatable bonds is 32. The summed E-state index contributed by atoms with van der Waals surface area (Å²) in [4.78, 5) is 20.6. The Balaban J connectivity index is -0.000000328. The molecule has 0 atom stereocenters. The molecule has 4 N–H and O–H groups in total. The molecule has 0 radical (unpaired) electrons. The molecule has 0 fully saturated rings. The second-order valence-electron chi connectivity index (χ2n) is 12.2. The molecular weight excluding hydrogens is 533 g/mol. The Bertz CT molecular complexity index is 461. The average Bonchev–Trinajstić information content (AvgIpc) is 2.93. The monoisotopic (exact) mass is 608 g/mol. The smallest absolute Gasteiger partial charge is 0.550 e. The van der Waals surface area contributed by atoms with Gasteiger partial charge < -0.3 is 21.2 Å². The zero-order valence-corrected chi connectivity index (χ0v) is 31.0. The van der Waals surface area contributed by atoms with Crippen LogP contribution in [0.25, 0.3) is 0 Å². The maximum atomic E-state index is 10.3. The summed E-state index contributed by atoms with van der Waals surface area (Å²) in [6.07, 6.45) is 40.1. The molecule has 42 heavy (non-hydrogen) atoms. The number of carboxylic acids is 2. The van der Waals surface area contributed by atoms with E-state index in [0.717, 1.165) is 25.7 Å². The van der Waals surface area contributed by atoms with E-state index in [1.807, 2.05) is 0 Å². The minimum absolute atomic E-state index is 0. The van der Waals surface area contributed by atoms with Crippen molar-refractivity contribution in [1.82, 2.24) is 6.15 Å². The second kappa shape index (κ2) is 45.3. The van der Waals surface area contributed by atoms with Crippen LogP contribution in [0, 0.1) is 0 Å². The van der Waals surface area contributed by atoms with E-state index in [9.17, 15) is 14.7 Å². The van der Waals surface area contributed by atoms with Crippen LogP contribution in [-0.4, -0.2) is 17.0 Å². The van der Waals surface area contributed by atoms with E-state index in [4.69, 9.17) is 5.11 Å². The minimum Gasteiger partial charge on any atom is -0.550 e. The fraction of sp³-hybridized carbons (Fsp3) is 0.944. The molecule has 5 nitrogen and oxygen atoms in total. The maximum absolute atomic E-state index is 10.3. The molecule has 0 spiro atoms. The third kappa shape index (κ3) is 52.5. The van der Waals surface area contributed by atoms with Crippen molar-refractivity contribution in [2.24, 2.45) is 0 Å². The van der Waals surface area contributed by atoms with Gasteiger partial charge in [0.2, 0.25) is 0 Å². The van der Waals surface area contributed by atoms with Gasteiger partial charge in [0, 0.05) is 12.4 Å². The predicted molar refractivity (Wildman–Crippen MR) is 177 cm³/mol. The standard InChI is InChI=1S/2C18H36O2.H3N.Na/c2*1-2-3-4-5-6-7-8-9-10-11-12-13-14-15-16-17-18(19)20;;/h2*2-17H2,1H3,(H,19,20);1H3;/q;;;+1/p-1. The summed E-state index contributed by atoms with van der Waals surface area (Å²) in [5, 5.41) is 18.7. The summed E-state index contributed by atoms with van der Waals surface area (Å²) in [6.45, 7) is 4.54. The van der Waals surface area contributed by atoms with E-state index >= 15 is 0 Å². The SMILES string of the molecule is CCCCCCCCCCCCCCCCCC(=O)O.CCCCCCCCCCCCCCCCCC(=O)[O-].N.[Na+]. The van der Waals surface area contributed by atoms with Crippen molar-refractivity contribution in [2.45, 2.75) is 219 Å². The van der Waals surface area contributed by atoms with Gasteiger partial charge in [0.15, 0.2) is 0 Å². The van der Waals surface area contributed by atoms with Crippen LogP contribution in [-0.2, 0) is 9.59 Å². The number of unbranched alkanes of at least 4 members (excludes halogenated alkanes) is 28. The molecule has 6 heteroatoms. The molecule has 0 rings (SSSR count). The van der Waals surface area contributed by atoms with Crippen LogP contribution in [0.1, 0.15) is 219 Å². The first-order chi connectivity index (χ1) is 19.5. The van der Waals surface area contributed by atoms with E-state index in [0.29, 0.717) is 6.42 Å². The second-order valence-corrected chi connectivity index (χ2v) is 12.2. The van der Waals surface area contributed by atoms with Crippen molar-refractivity contribution in [3.63, 3.8) is 0 Å². The maximum Gasteiger partial charge on any atom is 1.00 e. The van der Waals surface area contributed by atoms with Gasteiger partial charge in [-0.15, -0.1) is 0 Å². The Morgan fingerprint density at radius 1 is 0.405 bits per heavy atom. The Labute approximate surface area is 285 Å². The van der Waals surface area contributed by atoms with E-state index < -0.39 is 11.9 Å². The number of aliphatic carboxylic acids is 2. The van der Waals surface area contributed by atoms with Crippen LogP contribution in [0.15, 0.2) is 0 Å². The normalized spacial score (nSPS) is 10.3.